The molecule has 0 spiro atoms. The fraction of sp³-hybridized carbons (Fsp3) is 0.130. The van der Waals surface area contributed by atoms with Crippen LogP contribution in [0.25, 0.3) is 10.2 Å². The zero-order valence-electron chi connectivity index (χ0n) is 17.8. The number of hydrogen-bond acceptors (Lipinski definition) is 6. The van der Waals surface area contributed by atoms with Crippen molar-refractivity contribution in [3.8, 4) is 5.75 Å². The average Bonchev–Trinajstić information content (AvgIpc) is 3.19. The molecule has 1 N–H and O–H groups in total. The maximum absolute atomic E-state index is 12.8. The van der Waals surface area contributed by atoms with Gasteiger partial charge in [-0.15, -0.1) is 0 Å². The maximum Gasteiger partial charge on any atom is 0.264 e. The molecule has 0 atom stereocenters. The Morgan fingerprint density at radius 1 is 1.09 bits per heavy atom. The lowest BCUT2D eigenvalue weighted by Crippen LogP contribution is -2.26. The normalized spacial score (nSPS) is 11.4. The van der Waals surface area contributed by atoms with Crippen LogP contribution in [-0.2, 0) is 14.8 Å². The Kier molecular flexibility index (Phi) is 6.55. The highest BCUT2D eigenvalue weighted by Crippen LogP contribution is 2.27. The second-order valence-electron chi connectivity index (χ2n) is 7.25. The van der Waals surface area contributed by atoms with E-state index in [1.807, 2.05) is 25.1 Å². The molecule has 0 radical (unpaired) electrons. The quantitative estimate of drug-likeness (QED) is 0.380. The van der Waals surface area contributed by atoms with E-state index in [1.54, 1.807) is 24.3 Å². The van der Waals surface area contributed by atoms with Crippen LogP contribution in [0.2, 0.25) is 5.02 Å². The van der Waals surface area contributed by atoms with E-state index in [1.165, 1.54) is 47.0 Å². The Bertz CT molecular complexity index is 1400. The van der Waals surface area contributed by atoms with Crippen LogP contribution in [0.1, 0.15) is 5.56 Å². The molecule has 0 saturated carbocycles. The van der Waals surface area contributed by atoms with Crippen molar-refractivity contribution in [2.75, 3.05) is 23.3 Å². The molecule has 0 saturated heterocycles. The summed E-state index contributed by atoms with van der Waals surface area (Å²) in [5.41, 5.74) is 2.41. The summed E-state index contributed by atoms with van der Waals surface area (Å²) in [5.74, 6) is 0.100. The van der Waals surface area contributed by atoms with Gasteiger partial charge in [0.2, 0.25) is 0 Å². The number of aryl methyl sites for hydroxylation is 1. The van der Waals surface area contributed by atoms with Crippen molar-refractivity contribution in [2.45, 2.75) is 11.8 Å². The minimum atomic E-state index is -3.73. The van der Waals surface area contributed by atoms with Crippen LogP contribution in [0.4, 0.5) is 10.8 Å². The number of aromatic nitrogens is 1. The van der Waals surface area contributed by atoms with Gasteiger partial charge in [0, 0.05) is 12.1 Å². The van der Waals surface area contributed by atoms with Gasteiger partial charge in [-0.1, -0.05) is 29.0 Å². The predicted molar refractivity (Wildman–Crippen MR) is 132 cm³/mol. The zero-order chi connectivity index (χ0) is 23.6. The molecular formula is C23H20ClN3O4S2. The molecule has 3 aromatic carbocycles. The Hall–Kier alpha value is -3.14. The van der Waals surface area contributed by atoms with E-state index in [2.05, 4.69) is 10.3 Å². The number of thiazole rings is 1. The van der Waals surface area contributed by atoms with Gasteiger partial charge in [-0.25, -0.2) is 13.4 Å². The molecule has 0 unspecified atom stereocenters. The van der Waals surface area contributed by atoms with Crippen LogP contribution in [-0.4, -0.2) is 33.0 Å². The minimum absolute atomic E-state index is 0.136. The van der Waals surface area contributed by atoms with E-state index >= 15 is 0 Å². The highest BCUT2D eigenvalue weighted by atomic mass is 35.5. The molecule has 170 valence electrons. The number of amides is 1. The number of carbonyl (C=O) groups is 1. The van der Waals surface area contributed by atoms with Crippen LogP contribution >= 0.6 is 22.9 Å². The Balaban J connectivity index is 1.36. The minimum Gasteiger partial charge on any atom is -0.484 e. The maximum atomic E-state index is 12.8. The molecule has 4 aromatic rings. The highest BCUT2D eigenvalue weighted by molar-refractivity contribution is 7.92. The van der Waals surface area contributed by atoms with Crippen LogP contribution in [0, 0.1) is 6.92 Å². The van der Waals surface area contributed by atoms with Crippen molar-refractivity contribution in [2.24, 2.45) is 0 Å². The lowest BCUT2D eigenvalue weighted by Gasteiger charge is -2.20. The summed E-state index contributed by atoms with van der Waals surface area (Å²) in [5, 5.41) is 3.71. The van der Waals surface area contributed by atoms with E-state index < -0.39 is 10.0 Å². The number of carbonyl (C=O) groups excluding carboxylic acids is 1. The second-order valence-corrected chi connectivity index (χ2v) is 10.7. The van der Waals surface area contributed by atoms with E-state index in [4.69, 9.17) is 16.3 Å². The summed E-state index contributed by atoms with van der Waals surface area (Å²) in [4.78, 5) is 16.8. The van der Waals surface area contributed by atoms with Crippen LogP contribution in [0.3, 0.4) is 0 Å². The third-order valence-corrected chi connectivity index (χ3v) is 7.82. The number of hydrogen-bond donors (Lipinski definition) is 1. The number of halogens is 1. The first-order valence-corrected chi connectivity index (χ1v) is 12.5. The topological polar surface area (TPSA) is 88.6 Å². The van der Waals surface area contributed by atoms with E-state index in [9.17, 15) is 13.2 Å². The van der Waals surface area contributed by atoms with Gasteiger partial charge in [-0.05, 0) is 73.2 Å². The number of anilines is 2. The molecular weight excluding hydrogens is 482 g/mol. The van der Waals surface area contributed by atoms with Crippen molar-refractivity contribution < 1.29 is 17.9 Å². The third-order valence-electron chi connectivity index (χ3n) is 4.83. The third kappa shape index (κ3) is 5.27. The summed E-state index contributed by atoms with van der Waals surface area (Å²) in [7, 11) is -2.27. The standard InChI is InChI=1S/C23H20ClN3O4S2/c1-15-3-12-20-21(13-15)32-23(25-20)26-22(28)14-31-18-8-6-17(7-9-18)27(2)33(29,30)19-10-4-16(24)5-11-19/h3-13H,14H2,1-2H3,(H,25,26,28). The van der Waals surface area contributed by atoms with E-state index in [0.29, 0.717) is 21.6 Å². The first-order chi connectivity index (χ1) is 15.7. The summed E-state index contributed by atoms with van der Waals surface area (Å²) in [6, 6.07) is 18.3. The number of nitrogens with zero attached hydrogens (tertiary/aromatic N) is 2. The molecule has 1 aromatic heterocycles. The Labute approximate surface area is 200 Å². The monoisotopic (exact) mass is 501 g/mol. The molecule has 1 amide bonds. The fourth-order valence-corrected chi connectivity index (χ4v) is 5.35. The molecule has 0 aliphatic rings. The van der Waals surface area contributed by atoms with Crippen LogP contribution in [0.15, 0.2) is 71.6 Å². The van der Waals surface area contributed by atoms with Crippen molar-refractivity contribution in [1.82, 2.24) is 4.98 Å². The summed E-state index contributed by atoms with van der Waals surface area (Å²) < 4.78 is 33.3. The fourth-order valence-electron chi connectivity index (χ4n) is 3.05. The molecule has 0 fully saturated rings. The average molecular weight is 502 g/mol. The van der Waals surface area contributed by atoms with E-state index in [0.717, 1.165) is 15.8 Å². The van der Waals surface area contributed by atoms with Gasteiger partial charge < -0.3 is 4.74 Å². The van der Waals surface area contributed by atoms with Gasteiger partial charge in [0.1, 0.15) is 5.75 Å². The number of fused-ring (bicyclic) bond motifs is 1. The molecule has 1 heterocycles. The van der Waals surface area contributed by atoms with Crippen LogP contribution < -0.4 is 14.4 Å². The number of nitrogens with one attached hydrogen (secondary N) is 1. The smallest absolute Gasteiger partial charge is 0.264 e. The largest absolute Gasteiger partial charge is 0.484 e. The van der Waals surface area contributed by atoms with Crippen molar-refractivity contribution >= 4 is 59.9 Å². The SMILES string of the molecule is Cc1ccc2nc(NC(=O)COc3ccc(N(C)S(=O)(=O)c4ccc(Cl)cc4)cc3)sc2c1. The Morgan fingerprint density at radius 3 is 2.48 bits per heavy atom. The van der Waals surface area contributed by atoms with Gasteiger partial charge in [0.25, 0.3) is 15.9 Å². The van der Waals surface area contributed by atoms with Crippen LogP contribution in [0.5, 0.6) is 5.75 Å². The van der Waals surface area contributed by atoms with Gasteiger partial charge in [-0.2, -0.15) is 0 Å². The summed E-state index contributed by atoms with van der Waals surface area (Å²) in [6.45, 7) is 1.80. The number of sulfonamides is 1. The predicted octanol–water partition coefficient (Wildman–Crippen LogP) is 5.10. The molecule has 0 bridgehead atoms. The number of ether oxygens (including phenoxy) is 1. The van der Waals surface area contributed by atoms with Crippen molar-refractivity contribution in [3.63, 3.8) is 0 Å². The molecule has 33 heavy (non-hydrogen) atoms. The lowest BCUT2D eigenvalue weighted by molar-refractivity contribution is -0.118. The van der Waals surface area contributed by atoms with Gasteiger partial charge in [0.15, 0.2) is 11.7 Å². The van der Waals surface area contributed by atoms with Gasteiger partial charge in [0.05, 0.1) is 20.8 Å². The second kappa shape index (κ2) is 9.38. The highest BCUT2D eigenvalue weighted by Gasteiger charge is 2.21. The van der Waals surface area contributed by atoms with Crippen molar-refractivity contribution in [3.05, 3.63) is 77.3 Å². The first kappa shape index (κ1) is 23.0. The molecule has 4 rings (SSSR count). The molecule has 0 aliphatic heterocycles. The molecule has 10 heteroatoms. The lowest BCUT2D eigenvalue weighted by atomic mass is 10.2. The number of rotatable bonds is 7. The first-order valence-electron chi connectivity index (χ1n) is 9.87. The molecule has 7 nitrogen and oxygen atoms in total. The van der Waals surface area contributed by atoms with Gasteiger partial charge >= 0.3 is 0 Å². The zero-order valence-corrected chi connectivity index (χ0v) is 20.2. The Morgan fingerprint density at radius 2 is 1.79 bits per heavy atom. The summed E-state index contributed by atoms with van der Waals surface area (Å²) in [6.07, 6.45) is 0. The number of benzene rings is 3. The van der Waals surface area contributed by atoms with E-state index in [-0.39, 0.29) is 17.4 Å². The van der Waals surface area contributed by atoms with Crippen molar-refractivity contribution in [1.29, 1.82) is 0 Å². The summed E-state index contributed by atoms with van der Waals surface area (Å²) >= 11 is 7.24. The molecule has 0 aliphatic carbocycles. The van der Waals surface area contributed by atoms with Gasteiger partial charge in [-0.3, -0.25) is 14.4 Å².